The van der Waals surface area contributed by atoms with E-state index in [0.717, 1.165) is 17.8 Å². The Morgan fingerprint density at radius 1 is 1.04 bits per heavy atom. The molecule has 4 heteroatoms. The quantitative estimate of drug-likeness (QED) is 0.563. The average molecular weight is 361 g/mol. The second kappa shape index (κ2) is 11.9. The molecule has 0 aliphatic carbocycles. The number of hydrogen-bond donors (Lipinski definition) is 1. The summed E-state index contributed by atoms with van der Waals surface area (Å²) in [5.74, 6) is 0.114. The molecule has 1 fully saturated rings. The van der Waals surface area contributed by atoms with Crippen LogP contribution in [-0.4, -0.2) is 43.7 Å². The monoisotopic (exact) mass is 360 g/mol. The lowest BCUT2D eigenvalue weighted by atomic mass is 10.1. The Morgan fingerprint density at radius 2 is 1.69 bits per heavy atom. The zero-order valence-corrected chi connectivity index (χ0v) is 16.7. The number of anilines is 1. The van der Waals surface area contributed by atoms with Crippen molar-refractivity contribution in [3.05, 3.63) is 29.3 Å². The largest absolute Gasteiger partial charge is 0.385 e. The first kappa shape index (κ1) is 20.8. The Balaban J connectivity index is 1.72. The predicted molar refractivity (Wildman–Crippen MR) is 109 cm³/mol. The third-order valence-electron chi connectivity index (χ3n) is 5.13. The van der Waals surface area contributed by atoms with Crippen molar-refractivity contribution >= 4 is 11.6 Å². The van der Waals surface area contributed by atoms with Gasteiger partial charge in [-0.15, -0.1) is 0 Å². The summed E-state index contributed by atoms with van der Waals surface area (Å²) in [6.07, 6.45) is 10.6. The Hall–Kier alpha value is -1.55. The van der Waals surface area contributed by atoms with Gasteiger partial charge in [0.15, 0.2) is 0 Å². The lowest BCUT2D eigenvalue weighted by molar-refractivity contribution is 0.0303. The summed E-state index contributed by atoms with van der Waals surface area (Å²) < 4.78 is 5.33. The Labute approximate surface area is 159 Å². The standard InChI is InChI=1S/C22H36N2O2/c1-3-4-5-6-7-8-9-10-13-23-21-18-20(12-11-19(21)2)22(25)24-14-16-26-17-15-24/h11-12,18,23H,3-10,13-17H2,1-2H3. The maximum absolute atomic E-state index is 12.6. The second-order valence-corrected chi connectivity index (χ2v) is 7.34. The molecule has 0 aromatic heterocycles. The maximum atomic E-state index is 12.6. The van der Waals surface area contributed by atoms with Crippen molar-refractivity contribution in [2.75, 3.05) is 38.2 Å². The molecule has 4 nitrogen and oxygen atoms in total. The number of nitrogens with one attached hydrogen (secondary N) is 1. The summed E-state index contributed by atoms with van der Waals surface area (Å²) in [7, 11) is 0. The number of ether oxygens (including phenoxy) is 1. The molecule has 0 unspecified atom stereocenters. The minimum Gasteiger partial charge on any atom is -0.385 e. The molecule has 1 aliphatic heterocycles. The fourth-order valence-electron chi connectivity index (χ4n) is 3.38. The fourth-order valence-corrected chi connectivity index (χ4v) is 3.38. The number of benzene rings is 1. The van der Waals surface area contributed by atoms with Crippen molar-refractivity contribution in [1.82, 2.24) is 4.90 Å². The molecule has 1 heterocycles. The molecule has 0 bridgehead atoms. The molecule has 146 valence electrons. The predicted octanol–water partition coefficient (Wildman–Crippen LogP) is 5.02. The van der Waals surface area contributed by atoms with E-state index in [4.69, 9.17) is 4.74 Å². The van der Waals surface area contributed by atoms with Crippen LogP contribution in [0.4, 0.5) is 5.69 Å². The van der Waals surface area contributed by atoms with Gasteiger partial charge < -0.3 is 15.0 Å². The van der Waals surface area contributed by atoms with Gasteiger partial charge in [-0.25, -0.2) is 0 Å². The average Bonchev–Trinajstić information content (AvgIpc) is 2.68. The van der Waals surface area contributed by atoms with Gasteiger partial charge in [-0.1, -0.05) is 57.9 Å². The number of aryl methyl sites for hydroxylation is 1. The molecule has 2 rings (SSSR count). The van der Waals surface area contributed by atoms with Gasteiger partial charge in [0.1, 0.15) is 0 Å². The smallest absolute Gasteiger partial charge is 0.254 e. The van der Waals surface area contributed by atoms with Crippen LogP contribution in [-0.2, 0) is 4.74 Å². The summed E-state index contributed by atoms with van der Waals surface area (Å²) in [6, 6.07) is 6.00. The Bertz CT molecular complexity index is 539. The van der Waals surface area contributed by atoms with Crippen molar-refractivity contribution in [1.29, 1.82) is 0 Å². The second-order valence-electron chi connectivity index (χ2n) is 7.34. The minimum absolute atomic E-state index is 0.114. The number of morpholine rings is 1. The Kier molecular flexibility index (Phi) is 9.54. The highest BCUT2D eigenvalue weighted by Gasteiger charge is 2.19. The topological polar surface area (TPSA) is 41.6 Å². The summed E-state index contributed by atoms with van der Waals surface area (Å²) in [4.78, 5) is 14.5. The van der Waals surface area contributed by atoms with Gasteiger partial charge in [0, 0.05) is 30.9 Å². The number of rotatable bonds is 11. The fraction of sp³-hybridized carbons (Fsp3) is 0.682. The molecule has 1 aromatic rings. The SMILES string of the molecule is CCCCCCCCCCNc1cc(C(=O)N2CCOCC2)ccc1C. The van der Waals surface area contributed by atoms with Crippen molar-refractivity contribution in [3.8, 4) is 0 Å². The van der Waals surface area contributed by atoms with E-state index >= 15 is 0 Å². The zero-order chi connectivity index (χ0) is 18.6. The van der Waals surface area contributed by atoms with Crippen molar-refractivity contribution in [2.24, 2.45) is 0 Å². The van der Waals surface area contributed by atoms with Crippen LogP contribution < -0.4 is 5.32 Å². The van der Waals surface area contributed by atoms with Crippen molar-refractivity contribution in [2.45, 2.75) is 65.2 Å². The highest BCUT2D eigenvalue weighted by Crippen LogP contribution is 2.19. The highest BCUT2D eigenvalue weighted by molar-refractivity contribution is 5.95. The van der Waals surface area contributed by atoms with Crippen LogP contribution in [0, 0.1) is 6.92 Å². The van der Waals surface area contributed by atoms with Crippen LogP contribution in [0.1, 0.15) is 74.2 Å². The van der Waals surface area contributed by atoms with E-state index in [1.165, 1.54) is 56.9 Å². The number of nitrogens with zero attached hydrogens (tertiary/aromatic N) is 1. The van der Waals surface area contributed by atoms with E-state index < -0.39 is 0 Å². The molecule has 1 saturated heterocycles. The molecule has 0 atom stereocenters. The van der Waals surface area contributed by atoms with Crippen LogP contribution in [0.3, 0.4) is 0 Å². The molecule has 1 aromatic carbocycles. The van der Waals surface area contributed by atoms with E-state index in [1.54, 1.807) is 0 Å². The first-order valence-electron chi connectivity index (χ1n) is 10.4. The number of carbonyl (C=O) groups excluding carboxylic acids is 1. The van der Waals surface area contributed by atoms with E-state index in [0.29, 0.717) is 26.3 Å². The van der Waals surface area contributed by atoms with E-state index in [1.807, 2.05) is 23.1 Å². The van der Waals surface area contributed by atoms with Crippen LogP contribution >= 0.6 is 0 Å². The third-order valence-corrected chi connectivity index (χ3v) is 5.13. The Morgan fingerprint density at radius 3 is 2.38 bits per heavy atom. The van der Waals surface area contributed by atoms with Gasteiger partial charge in [-0.2, -0.15) is 0 Å². The molecule has 0 saturated carbocycles. The highest BCUT2D eigenvalue weighted by atomic mass is 16.5. The number of hydrogen-bond acceptors (Lipinski definition) is 3. The molecule has 1 amide bonds. The summed E-state index contributed by atoms with van der Waals surface area (Å²) >= 11 is 0. The molecular weight excluding hydrogens is 324 g/mol. The number of carbonyl (C=O) groups is 1. The van der Waals surface area contributed by atoms with Crippen LogP contribution in [0.15, 0.2) is 18.2 Å². The van der Waals surface area contributed by atoms with Crippen LogP contribution in [0.5, 0.6) is 0 Å². The third kappa shape index (κ3) is 6.99. The van der Waals surface area contributed by atoms with Gasteiger partial charge in [-0.3, -0.25) is 4.79 Å². The first-order chi connectivity index (χ1) is 12.7. The minimum atomic E-state index is 0.114. The summed E-state index contributed by atoms with van der Waals surface area (Å²) in [5, 5.41) is 3.53. The lowest BCUT2D eigenvalue weighted by Gasteiger charge is -2.27. The molecule has 1 aliphatic rings. The van der Waals surface area contributed by atoms with Crippen LogP contribution in [0.25, 0.3) is 0 Å². The summed E-state index contributed by atoms with van der Waals surface area (Å²) in [6.45, 7) is 7.99. The molecule has 26 heavy (non-hydrogen) atoms. The van der Waals surface area contributed by atoms with E-state index in [9.17, 15) is 4.79 Å². The zero-order valence-electron chi connectivity index (χ0n) is 16.7. The first-order valence-corrected chi connectivity index (χ1v) is 10.4. The van der Waals surface area contributed by atoms with E-state index in [2.05, 4.69) is 19.2 Å². The molecule has 0 spiro atoms. The lowest BCUT2D eigenvalue weighted by Crippen LogP contribution is -2.40. The van der Waals surface area contributed by atoms with Crippen molar-refractivity contribution in [3.63, 3.8) is 0 Å². The van der Waals surface area contributed by atoms with Gasteiger partial charge in [0.05, 0.1) is 13.2 Å². The van der Waals surface area contributed by atoms with Crippen molar-refractivity contribution < 1.29 is 9.53 Å². The van der Waals surface area contributed by atoms with Gasteiger partial charge in [0.25, 0.3) is 5.91 Å². The maximum Gasteiger partial charge on any atom is 0.254 e. The van der Waals surface area contributed by atoms with Gasteiger partial charge in [-0.05, 0) is 31.0 Å². The number of unbranched alkanes of at least 4 members (excludes halogenated alkanes) is 7. The molecular formula is C22H36N2O2. The molecule has 1 N–H and O–H groups in total. The summed E-state index contributed by atoms with van der Waals surface area (Å²) in [5.41, 5.74) is 3.06. The van der Waals surface area contributed by atoms with Gasteiger partial charge in [0.2, 0.25) is 0 Å². The molecule has 0 radical (unpaired) electrons. The van der Waals surface area contributed by atoms with Gasteiger partial charge >= 0.3 is 0 Å². The van der Waals surface area contributed by atoms with E-state index in [-0.39, 0.29) is 5.91 Å². The normalized spacial score (nSPS) is 14.5. The van der Waals surface area contributed by atoms with Crippen LogP contribution in [0.2, 0.25) is 0 Å². The number of amides is 1.